The summed E-state index contributed by atoms with van der Waals surface area (Å²) in [6.07, 6.45) is 7.79. The van der Waals surface area contributed by atoms with Gasteiger partial charge in [0.05, 0.1) is 0 Å². The number of hydrogen-bond acceptors (Lipinski definition) is 10. The van der Waals surface area contributed by atoms with Crippen molar-refractivity contribution in [3.8, 4) is 11.1 Å². The van der Waals surface area contributed by atoms with Gasteiger partial charge in [0, 0.05) is 0 Å². The Bertz CT molecular complexity index is 1270. The average Bonchev–Trinajstić information content (AvgIpc) is 2.91. The summed E-state index contributed by atoms with van der Waals surface area (Å²) < 4.78 is 22.5. The average molecular weight is 715 g/mol. The number of rotatable bonds is 8. The third kappa shape index (κ3) is 7.98. The van der Waals surface area contributed by atoms with Crippen LogP contribution in [0.4, 0.5) is 21.8 Å². The van der Waals surface area contributed by atoms with Gasteiger partial charge in [0.15, 0.2) is 0 Å². The molecule has 0 aliphatic carbocycles. The van der Waals surface area contributed by atoms with Gasteiger partial charge in [-0.25, -0.2) is 4.39 Å². The zero-order valence-corrected chi connectivity index (χ0v) is 24.6. The molecule has 0 atom stereocenters. The van der Waals surface area contributed by atoms with Crippen molar-refractivity contribution in [2.75, 3.05) is 49.3 Å². The van der Waals surface area contributed by atoms with Crippen LogP contribution in [0.25, 0.3) is 11.1 Å². The zero-order chi connectivity index (χ0) is 26.8. The van der Waals surface area contributed by atoms with Crippen LogP contribution >= 0.6 is 23.5 Å². The fraction of sp³-hybridized carbons (Fsp3) is 0.292. The molecule has 2 aromatic heterocycles. The van der Waals surface area contributed by atoms with Gasteiger partial charge in [0.1, 0.15) is 5.82 Å². The molecule has 3 aromatic rings. The van der Waals surface area contributed by atoms with Crippen LogP contribution in [-0.2, 0) is 33.7 Å². The first kappa shape index (κ1) is 29.0. The minimum atomic E-state index is -0.468. The SMILES string of the molecule is CCO[C](=[W])c1cncc(-c2cnc(Nc3ccc(F)c(Cl)c3)nc2N2CCN(SC)CC2)c1.O=C=O. The van der Waals surface area contributed by atoms with E-state index in [9.17, 15) is 4.39 Å². The second kappa shape index (κ2) is 14.4. The molecule has 194 valence electrons. The number of hydrogen-bond donors (Lipinski definition) is 1. The minimum Gasteiger partial charge on any atom is -0.186 e. The van der Waals surface area contributed by atoms with E-state index in [1.54, 1.807) is 24.2 Å². The number of pyridine rings is 1. The first-order chi connectivity index (χ1) is 17.9. The maximum Gasteiger partial charge on any atom is 0.373 e. The molecule has 0 spiro atoms. The van der Waals surface area contributed by atoms with E-state index in [-0.39, 0.29) is 11.2 Å². The van der Waals surface area contributed by atoms with Gasteiger partial charge in [-0.2, -0.15) is 9.59 Å². The van der Waals surface area contributed by atoms with Crippen molar-refractivity contribution < 1.29 is 38.1 Å². The van der Waals surface area contributed by atoms with Crippen molar-refractivity contribution in [1.29, 1.82) is 0 Å². The van der Waals surface area contributed by atoms with Crippen molar-refractivity contribution in [2.24, 2.45) is 0 Å². The Kier molecular flexibility index (Phi) is 11.3. The Morgan fingerprint density at radius 3 is 2.59 bits per heavy atom. The van der Waals surface area contributed by atoms with Gasteiger partial charge in [-0.3, -0.25) is 0 Å². The number of nitrogens with zero attached hydrogens (tertiary/aromatic N) is 5. The third-order valence-electron chi connectivity index (χ3n) is 5.30. The van der Waals surface area contributed by atoms with Gasteiger partial charge in [-0.1, -0.05) is 11.6 Å². The number of carbonyl (C=O) groups excluding carboxylic acids is 2. The topological polar surface area (TPSA) is 101 Å². The summed E-state index contributed by atoms with van der Waals surface area (Å²) in [5, 5.41) is 3.19. The number of benzene rings is 1. The van der Waals surface area contributed by atoms with Crippen LogP contribution in [0.1, 0.15) is 12.5 Å². The molecule has 0 saturated carbocycles. The minimum absolute atomic E-state index is 0.0426. The van der Waals surface area contributed by atoms with E-state index >= 15 is 0 Å². The molecule has 3 heterocycles. The van der Waals surface area contributed by atoms with E-state index in [2.05, 4.69) is 36.8 Å². The second-order valence-electron chi connectivity index (χ2n) is 7.55. The third-order valence-corrected chi connectivity index (χ3v) is 7.74. The maximum atomic E-state index is 13.6. The largest absolute Gasteiger partial charge is 0.373 e. The Morgan fingerprint density at radius 1 is 1.22 bits per heavy atom. The van der Waals surface area contributed by atoms with Crippen LogP contribution in [0.3, 0.4) is 0 Å². The fourth-order valence-corrected chi connectivity index (χ4v) is 5.11. The first-order valence-corrected chi connectivity index (χ1v) is 14.2. The Labute approximate surface area is 234 Å². The molecule has 1 aromatic carbocycles. The number of nitrogens with one attached hydrogen (secondary N) is 1. The molecule has 0 amide bonds. The number of piperazine rings is 1. The molecule has 13 heteroatoms. The van der Waals surface area contributed by atoms with Gasteiger partial charge in [-0.15, -0.1) is 0 Å². The van der Waals surface area contributed by atoms with Gasteiger partial charge in [0.25, 0.3) is 0 Å². The fourth-order valence-electron chi connectivity index (χ4n) is 3.58. The molecule has 1 N–H and O–H groups in total. The van der Waals surface area contributed by atoms with Crippen molar-refractivity contribution in [1.82, 2.24) is 19.3 Å². The quantitative estimate of drug-likeness (QED) is 0.346. The number of aromatic nitrogens is 3. The van der Waals surface area contributed by atoms with E-state index in [1.165, 1.54) is 31.5 Å². The summed E-state index contributed by atoms with van der Waals surface area (Å²) in [6.45, 7) is 6.13. The van der Waals surface area contributed by atoms with Gasteiger partial charge >= 0.3 is 204 Å². The van der Waals surface area contributed by atoms with Crippen molar-refractivity contribution in [3.05, 3.63) is 59.3 Å². The van der Waals surface area contributed by atoms with E-state index in [1.807, 2.05) is 19.3 Å². The summed E-state index contributed by atoms with van der Waals surface area (Å²) in [7, 11) is 0. The summed E-state index contributed by atoms with van der Waals surface area (Å²) in [5.41, 5.74) is 3.39. The molecule has 9 nitrogen and oxygen atoms in total. The predicted octanol–water partition coefficient (Wildman–Crippen LogP) is 3.95. The number of anilines is 3. The second-order valence-corrected chi connectivity index (χ2v) is 10.2. The standard InChI is InChI=1S/C23H24ClFN6OS.CO2.W/c1-3-32-15-16-10-17(13-26-12-16)19-14-27-23(28-18-4-5-21(25)20(24)11-18)29-22(19)30-6-8-31(33-2)9-7-30;2-1-3;/h4-5,10-14H,3,6-9H2,1-2H3,(H,27,28,29);;. The molecule has 1 aliphatic heterocycles. The summed E-state index contributed by atoms with van der Waals surface area (Å²) in [4.78, 5) is 32.4. The molecule has 1 aliphatic rings. The molecular formula is C24H24ClFN6O3SW. The Balaban J connectivity index is 0.00000121. The molecule has 1 fully saturated rings. The first-order valence-electron chi connectivity index (χ1n) is 11.1. The summed E-state index contributed by atoms with van der Waals surface area (Å²) in [6, 6.07) is 6.51. The van der Waals surface area contributed by atoms with Crippen LogP contribution in [0, 0.1) is 5.82 Å². The van der Waals surface area contributed by atoms with Crippen LogP contribution in [-0.4, -0.2) is 68.5 Å². The monoisotopic (exact) mass is 714 g/mol. The van der Waals surface area contributed by atoms with E-state index < -0.39 is 5.82 Å². The number of ether oxygens (including phenoxy) is 1. The van der Waals surface area contributed by atoms with Gasteiger partial charge in [-0.05, 0) is 0 Å². The molecule has 0 unspecified atom stereocenters. The van der Waals surface area contributed by atoms with Crippen molar-refractivity contribution in [2.45, 2.75) is 6.92 Å². The van der Waals surface area contributed by atoms with Crippen LogP contribution in [0.2, 0.25) is 5.02 Å². The van der Waals surface area contributed by atoms with E-state index in [0.717, 1.165) is 52.8 Å². The molecular weight excluding hydrogens is 691 g/mol. The summed E-state index contributed by atoms with van der Waals surface area (Å²) in [5.74, 6) is 0.773. The van der Waals surface area contributed by atoms with E-state index in [4.69, 9.17) is 30.9 Å². The Morgan fingerprint density at radius 2 is 1.95 bits per heavy atom. The van der Waals surface area contributed by atoms with Crippen molar-refractivity contribution in [3.63, 3.8) is 0 Å². The molecule has 0 radical (unpaired) electrons. The molecule has 0 bridgehead atoms. The van der Waals surface area contributed by atoms with Crippen LogP contribution in [0.15, 0.2) is 42.9 Å². The van der Waals surface area contributed by atoms with Gasteiger partial charge < -0.3 is 0 Å². The maximum absolute atomic E-state index is 13.6. The van der Waals surface area contributed by atoms with Crippen molar-refractivity contribution >= 4 is 51.2 Å². The van der Waals surface area contributed by atoms with Crippen LogP contribution in [0.5, 0.6) is 0 Å². The molecule has 37 heavy (non-hydrogen) atoms. The Hall–Kier alpha value is -2.52. The van der Waals surface area contributed by atoms with Crippen LogP contribution < -0.4 is 10.2 Å². The number of halogens is 2. The molecule has 1 saturated heterocycles. The van der Waals surface area contributed by atoms with E-state index in [0.29, 0.717) is 18.2 Å². The predicted molar refractivity (Wildman–Crippen MR) is 138 cm³/mol. The smallest absolute Gasteiger partial charge is 0.186 e. The molecule has 4 rings (SSSR count). The normalized spacial score (nSPS) is 13.4. The van der Waals surface area contributed by atoms with Gasteiger partial charge in [0.2, 0.25) is 0 Å². The zero-order valence-electron chi connectivity index (χ0n) is 20.1. The summed E-state index contributed by atoms with van der Waals surface area (Å²) >= 11 is 8.94.